The van der Waals surface area contributed by atoms with Crippen molar-refractivity contribution in [1.29, 1.82) is 0 Å². The highest BCUT2D eigenvalue weighted by atomic mass is 35.5. The number of halogens is 1. The first kappa shape index (κ1) is 18.4. The van der Waals surface area contributed by atoms with Gasteiger partial charge in [0, 0.05) is 16.6 Å². The first-order valence-corrected chi connectivity index (χ1v) is 9.31. The van der Waals surface area contributed by atoms with Gasteiger partial charge in [-0.25, -0.2) is 16.3 Å². The van der Waals surface area contributed by atoms with Gasteiger partial charge in [-0.15, -0.1) is 0 Å². The number of nitrogens with one attached hydrogen (secondary N) is 3. The summed E-state index contributed by atoms with van der Waals surface area (Å²) < 4.78 is 5.72. The van der Waals surface area contributed by atoms with Crippen LogP contribution in [0.2, 0.25) is 5.02 Å². The zero-order chi connectivity index (χ0) is 19.3. The highest BCUT2D eigenvalue weighted by Crippen LogP contribution is 2.23. The molecule has 2 heterocycles. The Kier molecular flexibility index (Phi) is 5.53. The summed E-state index contributed by atoms with van der Waals surface area (Å²) >= 11 is 5.90. The van der Waals surface area contributed by atoms with E-state index < -0.39 is 0 Å². The number of hydrogen-bond donors (Lipinski definition) is 3. The molecule has 1 aromatic heterocycles. The normalized spacial score (nSPS) is 19.2. The van der Waals surface area contributed by atoms with Gasteiger partial charge in [0.1, 0.15) is 17.6 Å². The van der Waals surface area contributed by atoms with Gasteiger partial charge in [0.05, 0.1) is 6.21 Å². The lowest BCUT2D eigenvalue weighted by molar-refractivity contribution is -0.122. The minimum atomic E-state index is -0.358. The first-order chi connectivity index (χ1) is 13.7. The lowest BCUT2D eigenvalue weighted by atomic mass is 10.0. The van der Waals surface area contributed by atoms with Crippen molar-refractivity contribution in [2.24, 2.45) is 5.10 Å². The number of hydrazone groups is 1. The van der Waals surface area contributed by atoms with Crippen molar-refractivity contribution >= 4 is 23.7 Å². The lowest BCUT2D eigenvalue weighted by Crippen LogP contribution is -2.41. The Morgan fingerprint density at radius 1 is 1.07 bits per heavy atom. The van der Waals surface area contributed by atoms with Gasteiger partial charge in [-0.2, -0.15) is 5.10 Å². The van der Waals surface area contributed by atoms with Gasteiger partial charge in [-0.3, -0.25) is 4.79 Å². The molecule has 2 unspecified atom stereocenters. The highest BCUT2D eigenvalue weighted by molar-refractivity contribution is 6.30. The van der Waals surface area contributed by atoms with E-state index in [1.165, 1.54) is 6.21 Å². The summed E-state index contributed by atoms with van der Waals surface area (Å²) in [6.45, 7) is 0. The average molecular weight is 395 g/mol. The second-order valence-electron chi connectivity index (χ2n) is 6.48. The summed E-state index contributed by atoms with van der Waals surface area (Å²) in [4.78, 5) is 12.3. The zero-order valence-electron chi connectivity index (χ0n) is 14.9. The van der Waals surface area contributed by atoms with Crippen LogP contribution in [0.15, 0.2) is 76.2 Å². The molecule has 142 valence electrons. The Labute approximate surface area is 167 Å². The van der Waals surface area contributed by atoms with E-state index in [-0.39, 0.29) is 18.0 Å². The molecule has 1 fully saturated rings. The molecule has 3 aromatic rings. The minimum Gasteiger partial charge on any atom is -0.455 e. The molecule has 6 nitrogen and oxygen atoms in total. The third-order valence-electron chi connectivity index (χ3n) is 4.54. The van der Waals surface area contributed by atoms with E-state index in [2.05, 4.69) is 21.4 Å². The molecule has 0 saturated carbocycles. The number of nitrogens with zero attached hydrogens (tertiary/aromatic N) is 1. The number of rotatable bonds is 5. The number of furan rings is 1. The standard InChI is InChI=1S/C21H19ClN4O2/c22-16-8-6-15(7-9-16)20-11-10-17(28-20)13-23-26-21(27)19-12-18(24-25-19)14-4-2-1-3-5-14/h1-11,13,18-19,24-25H,12H2,(H,26,27)/b23-13+. The summed E-state index contributed by atoms with van der Waals surface area (Å²) in [5, 5.41) is 4.67. The Morgan fingerprint density at radius 2 is 1.86 bits per heavy atom. The van der Waals surface area contributed by atoms with Crippen molar-refractivity contribution in [3.8, 4) is 11.3 Å². The molecular formula is C21H19ClN4O2. The second-order valence-corrected chi connectivity index (χ2v) is 6.92. The Morgan fingerprint density at radius 3 is 2.64 bits per heavy atom. The Hall–Kier alpha value is -2.93. The summed E-state index contributed by atoms with van der Waals surface area (Å²) in [6.07, 6.45) is 2.13. The maximum Gasteiger partial charge on any atom is 0.258 e. The van der Waals surface area contributed by atoms with Gasteiger partial charge in [-0.05, 0) is 48.4 Å². The predicted octanol–water partition coefficient (Wildman–Crippen LogP) is 3.66. The molecular weight excluding hydrogens is 376 g/mol. The van der Waals surface area contributed by atoms with Crippen LogP contribution < -0.4 is 16.3 Å². The maximum absolute atomic E-state index is 12.3. The van der Waals surface area contributed by atoms with Gasteiger partial charge in [-0.1, -0.05) is 41.9 Å². The monoisotopic (exact) mass is 394 g/mol. The van der Waals surface area contributed by atoms with Crippen LogP contribution in [0.1, 0.15) is 23.8 Å². The molecule has 7 heteroatoms. The fraction of sp³-hybridized carbons (Fsp3) is 0.143. The maximum atomic E-state index is 12.3. The number of carbonyl (C=O) groups is 1. The van der Waals surface area contributed by atoms with Crippen LogP contribution in [-0.2, 0) is 4.79 Å². The molecule has 28 heavy (non-hydrogen) atoms. The predicted molar refractivity (Wildman–Crippen MR) is 109 cm³/mol. The fourth-order valence-corrected chi connectivity index (χ4v) is 3.19. The third-order valence-corrected chi connectivity index (χ3v) is 4.80. The fourth-order valence-electron chi connectivity index (χ4n) is 3.06. The number of hydrazine groups is 1. The van der Waals surface area contributed by atoms with E-state index in [9.17, 15) is 4.79 Å². The molecule has 3 N–H and O–H groups in total. The van der Waals surface area contributed by atoms with Crippen molar-refractivity contribution in [3.05, 3.63) is 83.1 Å². The van der Waals surface area contributed by atoms with E-state index in [1.54, 1.807) is 18.2 Å². The third kappa shape index (κ3) is 4.31. The zero-order valence-corrected chi connectivity index (χ0v) is 15.7. The molecule has 1 aliphatic heterocycles. The molecule has 0 radical (unpaired) electrons. The number of benzene rings is 2. The molecule has 2 aromatic carbocycles. The summed E-state index contributed by atoms with van der Waals surface area (Å²) in [7, 11) is 0. The lowest BCUT2D eigenvalue weighted by Gasteiger charge is -2.08. The summed E-state index contributed by atoms with van der Waals surface area (Å²) in [6, 6.07) is 20.7. The minimum absolute atomic E-state index is 0.0907. The Balaban J connectivity index is 1.31. The molecule has 1 saturated heterocycles. The van der Waals surface area contributed by atoms with Gasteiger partial charge in [0.25, 0.3) is 5.91 Å². The van der Waals surface area contributed by atoms with E-state index in [0.717, 1.165) is 11.1 Å². The van der Waals surface area contributed by atoms with Crippen molar-refractivity contribution < 1.29 is 9.21 Å². The van der Waals surface area contributed by atoms with Crippen LogP contribution in [0.5, 0.6) is 0 Å². The highest BCUT2D eigenvalue weighted by Gasteiger charge is 2.29. The molecule has 0 bridgehead atoms. The van der Waals surface area contributed by atoms with Crippen LogP contribution in [-0.4, -0.2) is 18.2 Å². The van der Waals surface area contributed by atoms with Crippen molar-refractivity contribution in [2.45, 2.75) is 18.5 Å². The topological polar surface area (TPSA) is 78.7 Å². The van der Waals surface area contributed by atoms with Crippen LogP contribution in [0, 0.1) is 0 Å². The van der Waals surface area contributed by atoms with Gasteiger partial charge < -0.3 is 4.42 Å². The van der Waals surface area contributed by atoms with E-state index in [4.69, 9.17) is 16.0 Å². The molecule has 0 aliphatic carbocycles. The molecule has 1 amide bonds. The largest absolute Gasteiger partial charge is 0.455 e. The second kappa shape index (κ2) is 8.39. The molecule has 1 aliphatic rings. The SMILES string of the molecule is O=C(N/N=C/c1ccc(-c2ccc(Cl)cc2)o1)C1CC(c2ccccc2)NN1. The number of amides is 1. The van der Waals surface area contributed by atoms with Crippen LogP contribution >= 0.6 is 11.6 Å². The van der Waals surface area contributed by atoms with E-state index in [0.29, 0.717) is 23.0 Å². The summed E-state index contributed by atoms with van der Waals surface area (Å²) in [5.74, 6) is 1.05. The summed E-state index contributed by atoms with van der Waals surface area (Å²) in [5.41, 5.74) is 10.8. The number of hydrogen-bond acceptors (Lipinski definition) is 5. The quantitative estimate of drug-likeness (QED) is 0.456. The smallest absolute Gasteiger partial charge is 0.258 e. The van der Waals surface area contributed by atoms with Crippen LogP contribution in [0.4, 0.5) is 0 Å². The van der Waals surface area contributed by atoms with Gasteiger partial charge in [0.2, 0.25) is 0 Å². The van der Waals surface area contributed by atoms with Crippen molar-refractivity contribution in [3.63, 3.8) is 0 Å². The van der Waals surface area contributed by atoms with Gasteiger partial charge >= 0.3 is 0 Å². The van der Waals surface area contributed by atoms with Crippen LogP contribution in [0.3, 0.4) is 0 Å². The molecule has 0 spiro atoms. The van der Waals surface area contributed by atoms with E-state index in [1.807, 2.05) is 48.5 Å². The average Bonchev–Trinajstić information content (AvgIpc) is 3.39. The van der Waals surface area contributed by atoms with Gasteiger partial charge in [0.15, 0.2) is 0 Å². The number of carbonyl (C=O) groups excluding carboxylic acids is 1. The van der Waals surface area contributed by atoms with Crippen LogP contribution in [0.25, 0.3) is 11.3 Å². The first-order valence-electron chi connectivity index (χ1n) is 8.94. The molecule has 4 rings (SSSR count). The molecule has 2 atom stereocenters. The van der Waals surface area contributed by atoms with Crippen molar-refractivity contribution in [2.75, 3.05) is 0 Å². The van der Waals surface area contributed by atoms with Crippen molar-refractivity contribution in [1.82, 2.24) is 16.3 Å². The Bertz CT molecular complexity index is 970. The van der Waals surface area contributed by atoms with E-state index >= 15 is 0 Å².